The summed E-state index contributed by atoms with van der Waals surface area (Å²) in [6.07, 6.45) is 7.55. The molecule has 53 heavy (non-hydrogen) atoms. The third kappa shape index (κ3) is 6.94. The molecule has 0 atom stereocenters. The first kappa shape index (κ1) is 35.7. The molecule has 4 heterocycles. The summed E-state index contributed by atoms with van der Waals surface area (Å²) in [5.41, 5.74) is 16.3. The Morgan fingerprint density at radius 3 is 2.19 bits per heavy atom. The van der Waals surface area contributed by atoms with Crippen LogP contribution in [0.15, 0.2) is 138 Å². The first-order valence-corrected chi connectivity index (χ1v) is 17.5. The number of aromatic nitrogens is 3. The number of nitrogens with zero attached hydrogens (tertiary/aromatic N) is 3. The number of fused-ring (bicyclic) bond motifs is 4. The van der Waals surface area contributed by atoms with Gasteiger partial charge in [-0.05, 0) is 108 Å². The van der Waals surface area contributed by atoms with Crippen LogP contribution in [0.25, 0.3) is 77.5 Å². The summed E-state index contributed by atoms with van der Waals surface area (Å²) in [7, 11) is 0. The van der Waals surface area contributed by atoms with E-state index in [1.807, 2.05) is 55.0 Å². The minimum Gasteiger partial charge on any atom is -0.500 e. The van der Waals surface area contributed by atoms with Crippen molar-refractivity contribution < 1.29 is 24.5 Å². The standard InChI is InChI=1S/C29H21N2O.C19H16N.Ir/c1-17-13-23-21-7-6-8-22(26-9-4-5-11-31-26)28(21)32-29(23)24(14-17)27-19(3)18(2)15-20-10-12-30-16-25(20)27;1-14-8-10-17(11-9-14)19-12-18(15(2)13-20-19)16-6-4-3-5-7-16;/h4-7,9-16H,1-3H3;3-10,12-13H,1-2H3;/q2*-1;. The average molecular weight is 864 g/mol. The monoisotopic (exact) mass is 864 g/mol. The van der Waals surface area contributed by atoms with Crippen molar-refractivity contribution in [3.05, 3.63) is 174 Å². The zero-order valence-electron chi connectivity index (χ0n) is 30.3. The van der Waals surface area contributed by atoms with Gasteiger partial charge < -0.3 is 14.4 Å². The van der Waals surface area contributed by atoms with Crippen LogP contribution in [0.1, 0.15) is 27.8 Å². The van der Waals surface area contributed by atoms with Crippen LogP contribution in [0.3, 0.4) is 0 Å². The summed E-state index contributed by atoms with van der Waals surface area (Å²) in [5.74, 6) is 0. The number of hydrogen-bond acceptors (Lipinski definition) is 4. The molecule has 0 bridgehead atoms. The van der Waals surface area contributed by atoms with Crippen molar-refractivity contribution >= 4 is 32.7 Å². The van der Waals surface area contributed by atoms with Crippen molar-refractivity contribution in [1.82, 2.24) is 15.0 Å². The van der Waals surface area contributed by atoms with E-state index < -0.39 is 0 Å². The number of rotatable bonds is 4. The second-order valence-electron chi connectivity index (χ2n) is 13.4. The van der Waals surface area contributed by atoms with Gasteiger partial charge in [-0.3, -0.25) is 4.98 Å². The quantitative estimate of drug-likeness (QED) is 0.165. The van der Waals surface area contributed by atoms with E-state index in [0.717, 1.165) is 55.4 Å². The smallest absolute Gasteiger partial charge is 0.128 e. The van der Waals surface area contributed by atoms with Crippen molar-refractivity contribution in [2.24, 2.45) is 0 Å². The van der Waals surface area contributed by atoms with E-state index >= 15 is 0 Å². The summed E-state index contributed by atoms with van der Waals surface area (Å²) in [5, 5.41) is 4.52. The molecule has 5 heteroatoms. The molecule has 0 spiro atoms. The molecule has 9 rings (SSSR count). The van der Waals surface area contributed by atoms with Crippen LogP contribution < -0.4 is 0 Å². The molecule has 9 aromatic rings. The maximum atomic E-state index is 6.63. The average Bonchev–Trinajstić information content (AvgIpc) is 3.55. The van der Waals surface area contributed by atoms with Gasteiger partial charge in [-0.2, -0.15) is 0 Å². The van der Waals surface area contributed by atoms with Gasteiger partial charge in [0.15, 0.2) is 0 Å². The second-order valence-corrected chi connectivity index (χ2v) is 13.4. The zero-order valence-corrected chi connectivity index (χ0v) is 32.7. The van der Waals surface area contributed by atoms with Crippen molar-refractivity contribution in [2.45, 2.75) is 34.6 Å². The van der Waals surface area contributed by atoms with E-state index in [1.165, 1.54) is 49.9 Å². The van der Waals surface area contributed by atoms with Crippen LogP contribution in [0.5, 0.6) is 0 Å². The summed E-state index contributed by atoms with van der Waals surface area (Å²) < 4.78 is 6.63. The van der Waals surface area contributed by atoms with Crippen molar-refractivity contribution in [3.8, 4) is 44.8 Å². The van der Waals surface area contributed by atoms with Crippen LogP contribution >= 0.6 is 0 Å². The van der Waals surface area contributed by atoms with Gasteiger partial charge >= 0.3 is 0 Å². The van der Waals surface area contributed by atoms with Crippen molar-refractivity contribution in [2.75, 3.05) is 0 Å². The van der Waals surface area contributed by atoms with Crippen LogP contribution in [-0.4, -0.2) is 15.0 Å². The molecular formula is C48H37IrN3O-2. The Morgan fingerprint density at radius 1 is 0.585 bits per heavy atom. The topological polar surface area (TPSA) is 51.8 Å². The molecule has 5 aromatic carbocycles. The maximum Gasteiger partial charge on any atom is 0.128 e. The fraction of sp³-hybridized carbons (Fsp3) is 0.104. The minimum absolute atomic E-state index is 0. The van der Waals surface area contributed by atoms with Gasteiger partial charge in [0.25, 0.3) is 0 Å². The zero-order chi connectivity index (χ0) is 35.8. The van der Waals surface area contributed by atoms with Gasteiger partial charge in [-0.15, -0.1) is 53.6 Å². The third-order valence-electron chi connectivity index (χ3n) is 9.76. The Bertz CT molecular complexity index is 2720. The molecule has 4 aromatic heterocycles. The van der Waals surface area contributed by atoms with Gasteiger partial charge in [-0.1, -0.05) is 72.5 Å². The Morgan fingerprint density at radius 2 is 1.42 bits per heavy atom. The molecule has 0 aliphatic heterocycles. The molecule has 0 aliphatic rings. The Kier molecular flexibility index (Phi) is 10.1. The van der Waals surface area contributed by atoms with Gasteiger partial charge in [-0.25, -0.2) is 0 Å². The summed E-state index contributed by atoms with van der Waals surface area (Å²) in [6, 6.07) is 44.0. The predicted molar refractivity (Wildman–Crippen MR) is 214 cm³/mol. The summed E-state index contributed by atoms with van der Waals surface area (Å²) in [4.78, 5) is 13.5. The number of benzene rings is 5. The van der Waals surface area contributed by atoms with Crippen molar-refractivity contribution in [3.63, 3.8) is 0 Å². The third-order valence-corrected chi connectivity index (χ3v) is 9.76. The van der Waals surface area contributed by atoms with Gasteiger partial charge in [0.2, 0.25) is 0 Å². The first-order valence-electron chi connectivity index (χ1n) is 17.5. The number of aryl methyl sites for hydroxylation is 4. The van der Waals surface area contributed by atoms with Crippen LogP contribution in [0.2, 0.25) is 0 Å². The Hall–Kier alpha value is -5.74. The van der Waals surface area contributed by atoms with Crippen LogP contribution in [0, 0.1) is 46.8 Å². The van der Waals surface area contributed by atoms with E-state index in [0.29, 0.717) is 0 Å². The van der Waals surface area contributed by atoms with E-state index in [2.05, 4.69) is 134 Å². The fourth-order valence-electron chi connectivity index (χ4n) is 6.96. The maximum absolute atomic E-state index is 6.63. The summed E-state index contributed by atoms with van der Waals surface area (Å²) in [6.45, 7) is 10.7. The molecule has 1 radical (unpaired) electrons. The van der Waals surface area contributed by atoms with Crippen molar-refractivity contribution in [1.29, 1.82) is 0 Å². The van der Waals surface area contributed by atoms with E-state index in [-0.39, 0.29) is 20.1 Å². The largest absolute Gasteiger partial charge is 0.500 e. The number of furan rings is 1. The minimum atomic E-state index is 0. The normalized spacial score (nSPS) is 11.0. The molecular weight excluding hydrogens is 827 g/mol. The molecule has 261 valence electrons. The molecule has 0 aliphatic carbocycles. The molecule has 0 saturated carbocycles. The summed E-state index contributed by atoms with van der Waals surface area (Å²) >= 11 is 0. The Labute approximate surface area is 324 Å². The van der Waals surface area contributed by atoms with Gasteiger partial charge in [0, 0.05) is 61.2 Å². The SMILES string of the molecule is Cc1c[c-]c(-c2cc(-c3ccccc3)c(C)cn2)cc1.Cc1cc(-c2c(C)c(C)cc3ccncc23)c2oc3c(-c4ccccn4)[c-]ccc3c2c1.[Ir]. The van der Waals surface area contributed by atoms with Gasteiger partial charge in [0.1, 0.15) is 5.58 Å². The molecule has 0 fully saturated rings. The number of hydrogen-bond donors (Lipinski definition) is 0. The predicted octanol–water partition coefficient (Wildman–Crippen LogP) is 12.4. The Balaban J connectivity index is 0.000000179. The van der Waals surface area contributed by atoms with Crippen LogP contribution in [-0.2, 0) is 20.1 Å². The van der Waals surface area contributed by atoms with E-state index in [9.17, 15) is 0 Å². The van der Waals surface area contributed by atoms with E-state index in [4.69, 9.17) is 4.42 Å². The van der Waals surface area contributed by atoms with E-state index in [1.54, 1.807) is 6.20 Å². The molecule has 0 unspecified atom stereocenters. The fourth-order valence-corrected chi connectivity index (χ4v) is 6.96. The molecule has 0 amide bonds. The van der Waals surface area contributed by atoms with Crippen LogP contribution in [0.4, 0.5) is 0 Å². The molecule has 0 N–H and O–H groups in total. The molecule has 0 saturated heterocycles. The second kappa shape index (κ2) is 15.1. The molecule has 4 nitrogen and oxygen atoms in total. The first-order chi connectivity index (χ1) is 25.4. The number of pyridine rings is 3. The van der Waals surface area contributed by atoms with Gasteiger partial charge in [0.05, 0.1) is 5.58 Å².